The molecule has 0 aliphatic carbocycles. The number of piperazine rings is 1. The van der Waals surface area contributed by atoms with Gasteiger partial charge in [-0.25, -0.2) is 12.8 Å². The van der Waals surface area contributed by atoms with Gasteiger partial charge in [0.1, 0.15) is 21.7 Å². The van der Waals surface area contributed by atoms with E-state index in [0.717, 1.165) is 11.7 Å². The first-order chi connectivity index (χ1) is 14.4. The molecule has 1 saturated heterocycles. The minimum atomic E-state index is -3.71. The summed E-state index contributed by atoms with van der Waals surface area (Å²) in [7, 11) is -3.71. The molecular formula is C19H20FN5O3S2. The maximum Gasteiger partial charge on any atom is 0.245 e. The molecule has 8 nitrogen and oxygen atoms in total. The number of aromatic nitrogens is 2. The largest absolute Gasteiger partial charge is 0.325 e. The van der Waals surface area contributed by atoms with Gasteiger partial charge in [-0.1, -0.05) is 12.1 Å². The standard InChI is InChI=1S/C19H20FN5O3S2/c1-13(19(26)21-15-5-2-4-14(20)12-15)24-8-10-25(11-9-24)30(27,28)17-7-3-6-16-18(17)23-29-22-16/h2-7,12-13H,8-11H2,1H3,(H,21,26). The Balaban J connectivity index is 1.42. The number of halogens is 1. The van der Waals surface area contributed by atoms with Crippen molar-refractivity contribution in [1.82, 2.24) is 18.0 Å². The maximum atomic E-state index is 13.3. The Morgan fingerprint density at radius 1 is 1.13 bits per heavy atom. The SMILES string of the molecule is CC(C(=O)Nc1cccc(F)c1)N1CCN(S(=O)(=O)c2cccc3nsnc23)CC1. The van der Waals surface area contributed by atoms with Crippen molar-refractivity contribution in [2.24, 2.45) is 0 Å². The molecule has 0 spiro atoms. The van der Waals surface area contributed by atoms with Crippen molar-refractivity contribution in [3.05, 3.63) is 48.3 Å². The zero-order valence-corrected chi connectivity index (χ0v) is 17.8. The van der Waals surface area contributed by atoms with Crippen molar-refractivity contribution in [2.75, 3.05) is 31.5 Å². The zero-order chi connectivity index (χ0) is 21.3. The van der Waals surface area contributed by atoms with Gasteiger partial charge >= 0.3 is 0 Å². The van der Waals surface area contributed by atoms with Crippen molar-refractivity contribution < 1.29 is 17.6 Å². The smallest absolute Gasteiger partial charge is 0.245 e. The van der Waals surface area contributed by atoms with Crippen LogP contribution < -0.4 is 5.32 Å². The monoisotopic (exact) mass is 449 g/mol. The van der Waals surface area contributed by atoms with Gasteiger partial charge in [-0.3, -0.25) is 9.69 Å². The molecule has 1 N–H and O–H groups in total. The number of benzene rings is 2. The number of nitrogens with zero attached hydrogens (tertiary/aromatic N) is 4. The van der Waals surface area contributed by atoms with Gasteiger partial charge in [0.05, 0.1) is 17.8 Å². The molecule has 2 aromatic carbocycles. The molecule has 1 aromatic heterocycles. The molecule has 1 aliphatic rings. The fourth-order valence-corrected chi connectivity index (χ4v) is 5.61. The average Bonchev–Trinajstić information content (AvgIpc) is 3.22. The molecule has 1 unspecified atom stereocenters. The van der Waals surface area contributed by atoms with Crippen LogP contribution in [-0.2, 0) is 14.8 Å². The molecule has 1 fully saturated rings. The van der Waals surface area contributed by atoms with E-state index in [2.05, 4.69) is 14.1 Å². The lowest BCUT2D eigenvalue weighted by molar-refractivity contribution is -0.121. The summed E-state index contributed by atoms with van der Waals surface area (Å²) in [5.74, 6) is -0.695. The van der Waals surface area contributed by atoms with Gasteiger partial charge in [-0.15, -0.1) is 0 Å². The van der Waals surface area contributed by atoms with E-state index in [4.69, 9.17) is 0 Å². The molecule has 1 atom stereocenters. The van der Waals surface area contributed by atoms with Crippen LogP contribution in [-0.4, -0.2) is 64.5 Å². The Kier molecular flexibility index (Phi) is 5.78. The number of hydrogen-bond donors (Lipinski definition) is 1. The number of nitrogens with one attached hydrogen (secondary N) is 1. The molecule has 3 aromatic rings. The number of fused-ring (bicyclic) bond motifs is 1. The van der Waals surface area contributed by atoms with Gasteiger partial charge < -0.3 is 5.32 Å². The average molecular weight is 450 g/mol. The minimum absolute atomic E-state index is 0.152. The predicted molar refractivity (Wildman–Crippen MR) is 112 cm³/mol. The first-order valence-electron chi connectivity index (χ1n) is 9.38. The Labute approximate surface area is 177 Å². The van der Waals surface area contributed by atoms with E-state index in [9.17, 15) is 17.6 Å². The normalized spacial score (nSPS) is 17.1. The highest BCUT2D eigenvalue weighted by atomic mass is 32.2. The lowest BCUT2D eigenvalue weighted by Crippen LogP contribution is -2.53. The number of sulfonamides is 1. The van der Waals surface area contributed by atoms with E-state index >= 15 is 0 Å². The van der Waals surface area contributed by atoms with E-state index in [1.54, 1.807) is 31.2 Å². The van der Waals surface area contributed by atoms with Gasteiger partial charge in [-0.2, -0.15) is 13.1 Å². The van der Waals surface area contributed by atoms with E-state index in [1.807, 2.05) is 4.90 Å². The second-order valence-corrected chi connectivity index (χ2v) is 9.44. The highest BCUT2D eigenvalue weighted by Crippen LogP contribution is 2.25. The Hall–Kier alpha value is -2.47. The van der Waals surface area contributed by atoms with Crippen LogP contribution in [0.5, 0.6) is 0 Å². The van der Waals surface area contributed by atoms with Gasteiger partial charge in [0.2, 0.25) is 15.9 Å². The second-order valence-electron chi connectivity index (χ2n) is 7.00. The number of carbonyl (C=O) groups excluding carboxylic acids is 1. The fourth-order valence-electron chi connectivity index (χ4n) is 3.44. The van der Waals surface area contributed by atoms with Crippen LogP contribution in [0.15, 0.2) is 47.4 Å². The van der Waals surface area contributed by atoms with Crippen LogP contribution in [0.3, 0.4) is 0 Å². The summed E-state index contributed by atoms with van der Waals surface area (Å²) in [5.41, 5.74) is 1.33. The van der Waals surface area contributed by atoms with E-state index in [-0.39, 0.29) is 23.9 Å². The molecule has 2 heterocycles. The van der Waals surface area contributed by atoms with Crippen LogP contribution >= 0.6 is 11.7 Å². The third-order valence-corrected chi connectivity index (χ3v) is 7.63. The van der Waals surface area contributed by atoms with Crippen LogP contribution in [0.2, 0.25) is 0 Å². The Bertz CT molecular complexity index is 1180. The topological polar surface area (TPSA) is 95.5 Å². The third kappa shape index (κ3) is 4.06. The summed E-state index contributed by atoms with van der Waals surface area (Å²) < 4.78 is 49.2. The third-order valence-electron chi connectivity index (χ3n) is 5.16. The fraction of sp³-hybridized carbons (Fsp3) is 0.316. The molecule has 1 amide bonds. The highest BCUT2D eigenvalue weighted by molar-refractivity contribution is 7.89. The number of hydrogen-bond acceptors (Lipinski definition) is 7. The Morgan fingerprint density at radius 3 is 2.60 bits per heavy atom. The molecule has 11 heteroatoms. The first-order valence-corrected chi connectivity index (χ1v) is 11.6. The van der Waals surface area contributed by atoms with E-state index in [0.29, 0.717) is 29.8 Å². The predicted octanol–water partition coefficient (Wildman–Crippen LogP) is 2.16. The molecule has 0 radical (unpaired) electrons. The second kappa shape index (κ2) is 8.34. The first kappa shape index (κ1) is 20.8. The van der Waals surface area contributed by atoms with E-state index in [1.165, 1.54) is 22.5 Å². The molecule has 1 aliphatic heterocycles. The summed E-state index contributed by atoms with van der Waals surface area (Å²) in [5, 5.41) is 2.70. The molecule has 0 bridgehead atoms. The summed E-state index contributed by atoms with van der Waals surface area (Å²) in [6, 6.07) is 10.2. The molecule has 4 rings (SSSR count). The summed E-state index contributed by atoms with van der Waals surface area (Å²) >= 11 is 0.980. The lowest BCUT2D eigenvalue weighted by atomic mass is 10.2. The molecular weight excluding hydrogens is 429 g/mol. The minimum Gasteiger partial charge on any atom is -0.325 e. The number of amides is 1. The van der Waals surface area contributed by atoms with Crippen LogP contribution in [0.25, 0.3) is 11.0 Å². The molecule has 158 valence electrons. The quantitative estimate of drug-likeness (QED) is 0.641. The van der Waals surface area contributed by atoms with Crippen LogP contribution in [0.1, 0.15) is 6.92 Å². The van der Waals surface area contributed by atoms with Gasteiger partial charge in [-0.05, 0) is 37.3 Å². The van der Waals surface area contributed by atoms with E-state index < -0.39 is 21.9 Å². The van der Waals surface area contributed by atoms with Crippen molar-refractivity contribution in [2.45, 2.75) is 17.9 Å². The molecule has 0 saturated carbocycles. The maximum absolute atomic E-state index is 13.3. The zero-order valence-electron chi connectivity index (χ0n) is 16.2. The van der Waals surface area contributed by atoms with Crippen LogP contribution in [0, 0.1) is 5.82 Å². The van der Waals surface area contributed by atoms with Gasteiger partial charge in [0.25, 0.3) is 0 Å². The van der Waals surface area contributed by atoms with Crippen molar-refractivity contribution >= 4 is 44.4 Å². The summed E-state index contributed by atoms with van der Waals surface area (Å²) in [6.45, 7) is 3.08. The van der Waals surface area contributed by atoms with Crippen molar-refractivity contribution in [3.63, 3.8) is 0 Å². The summed E-state index contributed by atoms with van der Waals surface area (Å²) in [4.78, 5) is 14.6. The lowest BCUT2D eigenvalue weighted by Gasteiger charge is -2.36. The number of anilines is 1. The Morgan fingerprint density at radius 2 is 1.87 bits per heavy atom. The van der Waals surface area contributed by atoms with Crippen molar-refractivity contribution in [3.8, 4) is 0 Å². The van der Waals surface area contributed by atoms with Crippen LogP contribution in [0.4, 0.5) is 10.1 Å². The van der Waals surface area contributed by atoms with Crippen molar-refractivity contribution in [1.29, 1.82) is 0 Å². The number of carbonyl (C=O) groups is 1. The highest BCUT2D eigenvalue weighted by Gasteiger charge is 2.33. The number of rotatable bonds is 5. The van der Waals surface area contributed by atoms with Gasteiger partial charge in [0.15, 0.2) is 0 Å². The molecule has 30 heavy (non-hydrogen) atoms. The van der Waals surface area contributed by atoms with Gasteiger partial charge in [0, 0.05) is 31.9 Å². The summed E-state index contributed by atoms with van der Waals surface area (Å²) in [6.07, 6.45) is 0.